The minimum absolute atomic E-state index is 0.161. The van der Waals surface area contributed by atoms with Gasteiger partial charge in [0.15, 0.2) is 0 Å². The molecule has 1 heterocycles. The van der Waals surface area contributed by atoms with Crippen LogP contribution < -0.4 is 10.6 Å². The number of unbranched alkanes of at least 4 members (excludes halogenated alkanes) is 1. The van der Waals surface area contributed by atoms with Gasteiger partial charge in [0.25, 0.3) is 0 Å². The fourth-order valence-electron chi connectivity index (χ4n) is 1.77. The van der Waals surface area contributed by atoms with Crippen LogP contribution in [0.2, 0.25) is 0 Å². The number of hydrogen-bond acceptors (Lipinski definition) is 2. The van der Waals surface area contributed by atoms with Crippen molar-refractivity contribution in [1.29, 1.82) is 0 Å². The first-order valence-corrected chi connectivity index (χ1v) is 6.14. The Labute approximate surface area is 93.0 Å². The van der Waals surface area contributed by atoms with Gasteiger partial charge < -0.3 is 10.6 Å². The molecule has 0 radical (unpaired) electrons. The molecule has 0 aromatic heterocycles. The van der Waals surface area contributed by atoms with Crippen molar-refractivity contribution in [3.05, 3.63) is 0 Å². The van der Waals surface area contributed by atoms with Crippen LogP contribution in [0.3, 0.4) is 0 Å². The molecule has 1 atom stereocenters. The smallest absolute Gasteiger partial charge is 0.226 e. The minimum atomic E-state index is -0.161. The molecule has 3 nitrogen and oxygen atoms in total. The lowest BCUT2D eigenvalue weighted by atomic mass is 9.81. The Balaban J connectivity index is 2.42. The first kappa shape index (κ1) is 12.5. The molecule has 3 heteroatoms. The summed E-state index contributed by atoms with van der Waals surface area (Å²) in [5.41, 5.74) is -0.161. The fraction of sp³-hybridized carbons (Fsp3) is 0.917. The van der Waals surface area contributed by atoms with Crippen molar-refractivity contribution < 1.29 is 4.79 Å². The second kappa shape index (κ2) is 5.50. The molecule has 0 aromatic carbocycles. The van der Waals surface area contributed by atoms with Gasteiger partial charge in [-0.25, -0.2) is 0 Å². The SMILES string of the molecule is CCCCC(C)(CC)C(=O)NC1CNC1. The average molecular weight is 212 g/mol. The lowest BCUT2D eigenvalue weighted by Gasteiger charge is -2.33. The lowest BCUT2D eigenvalue weighted by molar-refractivity contribution is -0.132. The maximum absolute atomic E-state index is 12.1. The summed E-state index contributed by atoms with van der Waals surface area (Å²) in [5, 5.41) is 6.28. The van der Waals surface area contributed by atoms with E-state index in [-0.39, 0.29) is 11.3 Å². The van der Waals surface area contributed by atoms with E-state index in [1.54, 1.807) is 0 Å². The molecule has 1 amide bonds. The fourth-order valence-corrected chi connectivity index (χ4v) is 1.77. The van der Waals surface area contributed by atoms with Crippen molar-refractivity contribution in [3.63, 3.8) is 0 Å². The van der Waals surface area contributed by atoms with Gasteiger partial charge in [0.05, 0.1) is 6.04 Å². The highest BCUT2D eigenvalue weighted by Gasteiger charge is 2.32. The molecule has 1 aliphatic heterocycles. The first-order chi connectivity index (χ1) is 7.12. The van der Waals surface area contributed by atoms with Gasteiger partial charge in [0, 0.05) is 18.5 Å². The van der Waals surface area contributed by atoms with E-state index in [1.807, 2.05) is 0 Å². The Morgan fingerprint density at radius 3 is 2.53 bits per heavy atom. The second-order valence-corrected chi connectivity index (χ2v) is 4.85. The number of carbonyl (C=O) groups is 1. The van der Waals surface area contributed by atoms with E-state index in [2.05, 4.69) is 31.4 Å². The highest BCUT2D eigenvalue weighted by Crippen LogP contribution is 2.28. The Kier molecular flexibility index (Phi) is 4.58. The molecule has 2 N–H and O–H groups in total. The van der Waals surface area contributed by atoms with E-state index in [1.165, 1.54) is 0 Å². The molecule has 1 aliphatic rings. The van der Waals surface area contributed by atoms with Crippen molar-refractivity contribution >= 4 is 5.91 Å². The number of nitrogens with one attached hydrogen (secondary N) is 2. The Morgan fingerprint density at radius 2 is 2.13 bits per heavy atom. The number of amides is 1. The van der Waals surface area contributed by atoms with Gasteiger partial charge in [-0.2, -0.15) is 0 Å². The quantitative estimate of drug-likeness (QED) is 0.703. The highest BCUT2D eigenvalue weighted by molar-refractivity contribution is 5.82. The monoisotopic (exact) mass is 212 g/mol. The number of rotatable bonds is 6. The second-order valence-electron chi connectivity index (χ2n) is 4.85. The molecule has 0 bridgehead atoms. The molecule has 1 rings (SSSR count). The Morgan fingerprint density at radius 1 is 1.47 bits per heavy atom. The topological polar surface area (TPSA) is 41.1 Å². The first-order valence-electron chi connectivity index (χ1n) is 6.14. The van der Waals surface area contributed by atoms with Crippen LogP contribution in [-0.2, 0) is 4.79 Å². The molecular weight excluding hydrogens is 188 g/mol. The van der Waals surface area contributed by atoms with Crippen molar-refractivity contribution in [1.82, 2.24) is 10.6 Å². The molecule has 1 unspecified atom stereocenters. The lowest BCUT2D eigenvalue weighted by Crippen LogP contribution is -2.59. The van der Waals surface area contributed by atoms with Crippen LogP contribution in [0.4, 0.5) is 0 Å². The van der Waals surface area contributed by atoms with Gasteiger partial charge >= 0.3 is 0 Å². The van der Waals surface area contributed by atoms with Crippen LogP contribution in [0.1, 0.15) is 46.5 Å². The van der Waals surface area contributed by atoms with Crippen LogP contribution in [0.5, 0.6) is 0 Å². The summed E-state index contributed by atoms with van der Waals surface area (Å²) in [7, 11) is 0. The van der Waals surface area contributed by atoms with E-state index < -0.39 is 0 Å². The van der Waals surface area contributed by atoms with E-state index in [4.69, 9.17) is 0 Å². The van der Waals surface area contributed by atoms with E-state index in [0.717, 1.165) is 38.8 Å². The number of carbonyl (C=O) groups excluding carboxylic acids is 1. The van der Waals surface area contributed by atoms with Gasteiger partial charge in [-0.1, -0.05) is 33.6 Å². The number of hydrogen-bond donors (Lipinski definition) is 2. The molecule has 15 heavy (non-hydrogen) atoms. The van der Waals surface area contributed by atoms with Gasteiger partial charge in [0.1, 0.15) is 0 Å². The summed E-state index contributed by atoms with van der Waals surface area (Å²) in [6.07, 6.45) is 4.24. The van der Waals surface area contributed by atoms with Crippen LogP contribution in [0.15, 0.2) is 0 Å². The summed E-state index contributed by atoms with van der Waals surface area (Å²) in [4.78, 5) is 12.1. The largest absolute Gasteiger partial charge is 0.350 e. The molecule has 0 saturated carbocycles. The zero-order valence-corrected chi connectivity index (χ0v) is 10.2. The van der Waals surface area contributed by atoms with E-state index in [0.29, 0.717) is 6.04 Å². The molecule has 0 aromatic rings. The third-order valence-electron chi connectivity index (χ3n) is 3.53. The van der Waals surface area contributed by atoms with Crippen molar-refractivity contribution in [2.24, 2.45) is 5.41 Å². The van der Waals surface area contributed by atoms with Crippen molar-refractivity contribution in [3.8, 4) is 0 Å². The molecule has 1 saturated heterocycles. The summed E-state index contributed by atoms with van der Waals surface area (Å²) in [6, 6.07) is 0.366. The summed E-state index contributed by atoms with van der Waals surface area (Å²) < 4.78 is 0. The zero-order chi connectivity index (χ0) is 11.3. The summed E-state index contributed by atoms with van der Waals surface area (Å²) in [6.45, 7) is 8.22. The predicted octanol–water partition coefficient (Wildman–Crippen LogP) is 1.68. The van der Waals surface area contributed by atoms with Gasteiger partial charge in [0.2, 0.25) is 5.91 Å². The normalized spacial score (nSPS) is 20.5. The third kappa shape index (κ3) is 3.20. The van der Waals surface area contributed by atoms with Crippen molar-refractivity contribution in [2.75, 3.05) is 13.1 Å². The highest BCUT2D eigenvalue weighted by atomic mass is 16.2. The summed E-state index contributed by atoms with van der Waals surface area (Å²) in [5.74, 6) is 0.241. The van der Waals surface area contributed by atoms with E-state index in [9.17, 15) is 4.79 Å². The minimum Gasteiger partial charge on any atom is -0.350 e. The van der Waals surface area contributed by atoms with E-state index >= 15 is 0 Å². The zero-order valence-electron chi connectivity index (χ0n) is 10.2. The summed E-state index contributed by atoms with van der Waals surface area (Å²) >= 11 is 0. The predicted molar refractivity (Wildman–Crippen MR) is 62.7 cm³/mol. The average Bonchev–Trinajstić information content (AvgIpc) is 2.19. The van der Waals surface area contributed by atoms with Gasteiger partial charge in [-0.15, -0.1) is 0 Å². The molecular formula is C12H24N2O. The standard InChI is InChI=1S/C12H24N2O/c1-4-6-7-12(3,5-2)11(15)14-10-8-13-9-10/h10,13H,4-9H2,1-3H3,(H,14,15). The van der Waals surface area contributed by atoms with Crippen LogP contribution in [-0.4, -0.2) is 25.0 Å². The maximum atomic E-state index is 12.1. The van der Waals surface area contributed by atoms with Gasteiger partial charge in [-0.05, 0) is 12.8 Å². The third-order valence-corrected chi connectivity index (χ3v) is 3.53. The maximum Gasteiger partial charge on any atom is 0.226 e. The molecule has 88 valence electrons. The van der Waals surface area contributed by atoms with Gasteiger partial charge in [-0.3, -0.25) is 4.79 Å². The Hall–Kier alpha value is -0.570. The van der Waals surface area contributed by atoms with Crippen LogP contribution >= 0.6 is 0 Å². The molecule has 0 aliphatic carbocycles. The van der Waals surface area contributed by atoms with Crippen molar-refractivity contribution in [2.45, 2.75) is 52.5 Å². The van der Waals surface area contributed by atoms with Crippen LogP contribution in [0, 0.1) is 5.41 Å². The van der Waals surface area contributed by atoms with Crippen LogP contribution in [0.25, 0.3) is 0 Å². The molecule has 1 fully saturated rings. The molecule has 0 spiro atoms. The Bertz CT molecular complexity index is 214.